The van der Waals surface area contributed by atoms with Gasteiger partial charge in [0.1, 0.15) is 0 Å². The monoisotopic (exact) mass is 376 g/mol. The maximum Gasteiger partial charge on any atom is 0.0612 e. The quantitative estimate of drug-likeness (QED) is 0.383. The van der Waals surface area contributed by atoms with E-state index in [2.05, 4.69) is 40.3 Å². The van der Waals surface area contributed by atoms with Crippen LogP contribution in [0.15, 0.2) is 12.2 Å². The molecule has 6 nitrogen and oxygen atoms in total. The Morgan fingerprint density at radius 3 is 2.22 bits per heavy atom. The maximum atomic E-state index is 6.14. The van der Waals surface area contributed by atoms with Gasteiger partial charge in [-0.05, 0) is 50.5 Å². The van der Waals surface area contributed by atoms with Gasteiger partial charge in [-0.3, -0.25) is 21.3 Å². The molecule has 0 bridgehead atoms. The van der Waals surface area contributed by atoms with E-state index in [1.165, 1.54) is 38.5 Å². The third-order valence-electron chi connectivity index (χ3n) is 7.37. The highest BCUT2D eigenvalue weighted by Gasteiger charge is 2.45. The molecule has 0 aromatic carbocycles. The Morgan fingerprint density at radius 1 is 0.889 bits per heavy atom. The lowest BCUT2D eigenvalue weighted by Crippen LogP contribution is -2.52. The average Bonchev–Trinajstić information content (AvgIpc) is 3.26. The summed E-state index contributed by atoms with van der Waals surface area (Å²) in [6.45, 7) is 3.05. The van der Waals surface area contributed by atoms with Crippen molar-refractivity contribution in [2.24, 2.45) is 23.3 Å². The van der Waals surface area contributed by atoms with Crippen molar-refractivity contribution >= 4 is 0 Å². The van der Waals surface area contributed by atoms with Crippen molar-refractivity contribution in [3.8, 4) is 0 Å². The average molecular weight is 377 g/mol. The number of nitrogens with two attached hydrogens (primary N) is 2. The molecule has 27 heavy (non-hydrogen) atoms. The smallest absolute Gasteiger partial charge is 0.0612 e. The van der Waals surface area contributed by atoms with Gasteiger partial charge in [-0.1, -0.05) is 38.3 Å². The van der Waals surface area contributed by atoms with Crippen LogP contribution in [0.25, 0.3) is 0 Å². The van der Waals surface area contributed by atoms with Crippen molar-refractivity contribution < 1.29 is 0 Å². The molecule has 6 heteroatoms. The lowest BCUT2D eigenvalue weighted by Gasteiger charge is -2.39. The second-order valence-electron chi connectivity index (χ2n) is 9.23. The normalized spacial score (nSPS) is 47.3. The second kappa shape index (κ2) is 8.89. The minimum atomic E-state index is 0.200. The summed E-state index contributed by atoms with van der Waals surface area (Å²) < 4.78 is 0. The van der Waals surface area contributed by atoms with Crippen LogP contribution in [0.1, 0.15) is 58.3 Å². The molecule has 0 spiro atoms. The van der Waals surface area contributed by atoms with E-state index in [-0.39, 0.29) is 6.04 Å². The van der Waals surface area contributed by atoms with Crippen LogP contribution in [0.3, 0.4) is 0 Å². The van der Waals surface area contributed by atoms with E-state index >= 15 is 0 Å². The number of hydrogen-bond acceptors (Lipinski definition) is 6. The molecule has 9 atom stereocenters. The zero-order chi connectivity index (χ0) is 18.8. The molecule has 2 aliphatic carbocycles. The predicted molar refractivity (Wildman–Crippen MR) is 111 cm³/mol. The van der Waals surface area contributed by atoms with Crippen LogP contribution in [0.2, 0.25) is 0 Å². The van der Waals surface area contributed by atoms with E-state index in [1.807, 2.05) is 0 Å². The van der Waals surface area contributed by atoms with Gasteiger partial charge >= 0.3 is 0 Å². The van der Waals surface area contributed by atoms with Gasteiger partial charge in [-0.15, -0.1) is 0 Å². The third kappa shape index (κ3) is 4.26. The summed E-state index contributed by atoms with van der Waals surface area (Å²) in [7, 11) is 0. The minimum Gasteiger partial charge on any atom is -0.330 e. The molecule has 9 unspecified atom stereocenters. The van der Waals surface area contributed by atoms with Crippen molar-refractivity contribution in [1.29, 1.82) is 0 Å². The molecular formula is C21H40N6. The molecule has 2 aliphatic heterocycles. The van der Waals surface area contributed by atoms with Crippen LogP contribution in [0, 0.1) is 11.8 Å². The molecule has 4 aliphatic rings. The van der Waals surface area contributed by atoms with Crippen molar-refractivity contribution in [3.05, 3.63) is 12.2 Å². The lowest BCUT2D eigenvalue weighted by atomic mass is 9.75. The summed E-state index contributed by atoms with van der Waals surface area (Å²) in [5.74, 6) is 1.33. The molecule has 0 aromatic rings. The van der Waals surface area contributed by atoms with Gasteiger partial charge in [-0.2, -0.15) is 0 Å². The first-order valence-corrected chi connectivity index (χ1v) is 11.4. The fourth-order valence-electron chi connectivity index (χ4n) is 6.06. The molecule has 1 saturated carbocycles. The Bertz CT molecular complexity index is 497. The van der Waals surface area contributed by atoms with Gasteiger partial charge in [0.25, 0.3) is 0 Å². The van der Waals surface area contributed by atoms with Crippen molar-refractivity contribution in [3.63, 3.8) is 0 Å². The molecule has 2 heterocycles. The summed E-state index contributed by atoms with van der Waals surface area (Å²) in [5, 5.41) is 15.7. The minimum absolute atomic E-state index is 0.200. The molecule has 0 amide bonds. The van der Waals surface area contributed by atoms with Gasteiger partial charge in [0.15, 0.2) is 0 Å². The third-order valence-corrected chi connectivity index (χ3v) is 7.37. The van der Waals surface area contributed by atoms with E-state index in [4.69, 9.17) is 11.5 Å². The Balaban J connectivity index is 1.43. The predicted octanol–water partition coefficient (Wildman–Crippen LogP) is 0.741. The standard InChI is InChI=1S/C21H40N6/c1-2-5-16-18(10-11-22)26-20(24-16)14-6-3-4-7-15(14)21-25-17-9-8-13(23)12-19(17)27-21/h8-9,13-21,24-27H,2-7,10-12,22-23H2,1H3. The maximum absolute atomic E-state index is 6.14. The number of rotatable bonds is 6. The van der Waals surface area contributed by atoms with E-state index in [9.17, 15) is 0 Å². The fraction of sp³-hybridized carbons (Fsp3) is 0.905. The van der Waals surface area contributed by atoms with E-state index in [0.29, 0.717) is 48.3 Å². The highest BCUT2D eigenvalue weighted by molar-refractivity contribution is 5.15. The first kappa shape index (κ1) is 19.8. The van der Waals surface area contributed by atoms with Gasteiger partial charge in [0.2, 0.25) is 0 Å². The van der Waals surface area contributed by atoms with Crippen LogP contribution in [0.4, 0.5) is 0 Å². The summed E-state index contributed by atoms with van der Waals surface area (Å²) in [6.07, 6.45) is 15.2. The SMILES string of the molecule is CCCC1NC(C2CCCCC2C2NC3C=CC(N)CC3N2)NC1CCN. The zero-order valence-corrected chi connectivity index (χ0v) is 16.9. The first-order chi connectivity index (χ1) is 13.2. The lowest BCUT2D eigenvalue weighted by molar-refractivity contribution is 0.132. The van der Waals surface area contributed by atoms with Gasteiger partial charge in [-0.25, -0.2) is 0 Å². The second-order valence-corrected chi connectivity index (χ2v) is 9.23. The van der Waals surface area contributed by atoms with E-state index < -0.39 is 0 Å². The molecule has 8 N–H and O–H groups in total. The van der Waals surface area contributed by atoms with Crippen LogP contribution in [-0.2, 0) is 0 Å². The van der Waals surface area contributed by atoms with Crippen molar-refractivity contribution in [2.75, 3.05) is 6.54 Å². The first-order valence-electron chi connectivity index (χ1n) is 11.4. The summed E-state index contributed by atoms with van der Waals surface area (Å²) in [4.78, 5) is 0. The van der Waals surface area contributed by atoms with Crippen LogP contribution in [0.5, 0.6) is 0 Å². The molecular weight excluding hydrogens is 336 g/mol. The van der Waals surface area contributed by atoms with Crippen LogP contribution < -0.4 is 32.7 Å². The zero-order valence-electron chi connectivity index (χ0n) is 16.9. The molecule has 154 valence electrons. The summed E-state index contributed by atoms with van der Waals surface area (Å²) in [5.41, 5.74) is 12.0. The topological polar surface area (TPSA) is 100 Å². The molecule has 4 rings (SSSR count). The molecule has 3 fully saturated rings. The Morgan fingerprint density at radius 2 is 1.56 bits per heavy atom. The van der Waals surface area contributed by atoms with E-state index in [1.54, 1.807) is 0 Å². The molecule has 0 radical (unpaired) electrons. The van der Waals surface area contributed by atoms with E-state index in [0.717, 1.165) is 19.4 Å². The number of fused-ring (bicyclic) bond motifs is 1. The van der Waals surface area contributed by atoms with Gasteiger partial charge in [0.05, 0.1) is 12.3 Å². The molecule has 0 aromatic heterocycles. The Kier molecular flexibility index (Phi) is 6.52. The van der Waals surface area contributed by atoms with Crippen molar-refractivity contribution in [2.45, 2.75) is 101 Å². The van der Waals surface area contributed by atoms with Crippen LogP contribution >= 0.6 is 0 Å². The highest BCUT2D eigenvalue weighted by Crippen LogP contribution is 2.37. The van der Waals surface area contributed by atoms with Gasteiger partial charge in [0, 0.05) is 30.2 Å². The summed E-state index contributed by atoms with van der Waals surface area (Å²) in [6, 6.07) is 2.22. The molecule has 2 saturated heterocycles. The summed E-state index contributed by atoms with van der Waals surface area (Å²) >= 11 is 0. The highest BCUT2D eigenvalue weighted by atomic mass is 15.3. The number of nitrogens with one attached hydrogen (secondary N) is 4. The van der Waals surface area contributed by atoms with Crippen LogP contribution in [-0.4, -0.2) is 49.1 Å². The Labute approximate surface area is 164 Å². The number of hydrogen-bond donors (Lipinski definition) is 6. The fourth-order valence-corrected chi connectivity index (χ4v) is 6.06. The van der Waals surface area contributed by atoms with Gasteiger partial charge < -0.3 is 11.5 Å². The Hall–Kier alpha value is -0.500. The van der Waals surface area contributed by atoms with Crippen molar-refractivity contribution in [1.82, 2.24) is 21.3 Å². The largest absolute Gasteiger partial charge is 0.330 e.